The fourth-order valence-corrected chi connectivity index (χ4v) is 4.55. The second-order valence-corrected chi connectivity index (χ2v) is 7.72. The van der Waals surface area contributed by atoms with E-state index < -0.39 is 0 Å². The molecule has 2 saturated heterocycles. The molecule has 1 atom stereocenters. The fourth-order valence-electron chi connectivity index (χ4n) is 4.55. The lowest BCUT2D eigenvalue weighted by atomic mass is 9.77. The smallest absolute Gasteiger partial charge is 0.227 e. The van der Waals surface area contributed by atoms with Crippen LogP contribution in [0.5, 0.6) is 0 Å². The summed E-state index contributed by atoms with van der Waals surface area (Å²) in [5.41, 5.74) is -0.00183. The summed E-state index contributed by atoms with van der Waals surface area (Å²) in [5, 5.41) is 9.61. The molecule has 0 spiro atoms. The third kappa shape index (κ3) is 3.25. The molecule has 3 rings (SSSR count). The van der Waals surface area contributed by atoms with Gasteiger partial charge >= 0.3 is 0 Å². The minimum absolute atomic E-state index is 0.00183. The summed E-state index contributed by atoms with van der Waals surface area (Å²) in [5.74, 6) is 0.179. The summed E-state index contributed by atoms with van der Waals surface area (Å²) >= 11 is 0. The van der Waals surface area contributed by atoms with Gasteiger partial charge in [0, 0.05) is 38.7 Å². The van der Waals surface area contributed by atoms with Crippen molar-refractivity contribution < 1.29 is 14.7 Å². The maximum absolute atomic E-state index is 12.8. The highest BCUT2D eigenvalue weighted by atomic mass is 16.3. The highest BCUT2D eigenvalue weighted by Crippen LogP contribution is 2.36. The molecular formula is C18H30N2O3. The largest absolute Gasteiger partial charge is 0.396 e. The summed E-state index contributed by atoms with van der Waals surface area (Å²) in [6, 6.07) is 0.379. The quantitative estimate of drug-likeness (QED) is 0.858. The number of likely N-dealkylation sites (tertiary alicyclic amines) is 2. The fraction of sp³-hybridized carbons (Fsp3) is 0.889. The van der Waals surface area contributed by atoms with Crippen LogP contribution in [0.25, 0.3) is 0 Å². The molecule has 0 aromatic heterocycles. The van der Waals surface area contributed by atoms with Gasteiger partial charge in [-0.2, -0.15) is 0 Å². The maximum atomic E-state index is 12.8. The highest BCUT2D eigenvalue weighted by Gasteiger charge is 2.42. The van der Waals surface area contributed by atoms with Crippen LogP contribution in [0.15, 0.2) is 0 Å². The second-order valence-electron chi connectivity index (χ2n) is 7.72. The Morgan fingerprint density at radius 3 is 2.48 bits per heavy atom. The predicted octanol–water partition coefficient (Wildman–Crippen LogP) is 1.79. The van der Waals surface area contributed by atoms with Crippen LogP contribution in [0.2, 0.25) is 0 Å². The zero-order chi connectivity index (χ0) is 16.4. The Morgan fingerprint density at radius 2 is 1.91 bits per heavy atom. The van der Waals surface area contributed by atoms with Crippen LogP contribution in [-0.4, -0.2) is 59.0 Å². The van der Waals surface area contributed by atoms with Crippen LogP contribution >= 0.6 is 0 Å². The number of hydrogen-bond acceptors (Lipinski definition) is 3. The lowest BCUT2D eigenvalue weighted by molar-refractivity contribution is -0.138. The van der Waals surface area contributed by atoms with E-state index in [1.165, 1.54) is 12.8 Å². The van der Waals surface area contributed by atoms with Gasteiger partial charge in [0.25, 0.3) is 0 Å². The molecule has 1 unspecified atom stereocenters. The molecular weight excluding hydrogens is 292 g/mol. The van der Waals surface area contributed by atoms with Gasteiger partial charge in [-0.1, -0.05) is 19.8 Å². The Hall–Kier alpha value is -1.10. The average molecular weight is 322 g/mol. The van der Waals surface area contributed by atoms with Gasteiger partial charge in [0.15, 0.2) is 0 Å². The number of carbonyl (C=O) groups excluding carboxylic acids is 2. The third-order valence-corrected chi connectivity index (χ3v) is 6.49. The lowest BCUT2D eigenvalue weighted by Gasteiger charge is -2.41. The van der Waals surface area contributed by atoms with E-state index in [0.29, 0.717) is 19.0 Å². The van der Waals surface area contributed by atoms with Crippen molar-refractivity contribution in [1.29, 1.82) is 0 Å². The van der Waals surface area contributed by atoms with E-state index in [1.54, 1.807) is 0 Å². The minimum atomic E-state index is -0.147. The van der Waals surface area contributed by atoms with Gasteiger partial charge < -0.3 is 14.9 Å². The van der Waals surface area contributed by atoms with Crippen molar-refractivity contribution in [3.8, 4) is 0 Å². The second kappa shape index (κ2) is 6.80. The molecule has 0 radical (unpaired) electrons. The van der Waals surface area contributed by atoms with Crippen LogP contribution in [0.1, 0.15) is 58.3 Å². The summed E-state index contributed by atoms with van der Waals surface area (Å²) < 4.78 is 0. The van der Waals surface area contributed by atoms with E-state index in [4.69, 9.17) is 0 Å². The topological polar surface area (TPSA) is 60.9 Å². The number of rotatable bonds is 4. The summed E-state index contributed by atoms with van der Waals surface area (Å²) in [6.07, 6.45) is 7.72. The number of hydrogen-bond donors (Lipinski definition) is 1. The number of amides is 2. The minimum Gasteiger partial charge on any atom is -0.396 e. The molecule has 3 fully saturated rings. The van der Waals surface area contributed by atoms with E-state index in [2.05, 4.69) is 6.92 Å². The van der Waals surface area contributed by atoms with Gasteiger partial charge in [-0.25, -0.2) is 0 Å². The van der Waals surface area contributed by atoms with Crippen molar-refractivity contribution in [2.45, 2.75) is 64.3 Å². The number of aliphatic hydroxyl groups is 1. The molecule has 1 aliphatic carbocycles. The number of nitrogens with zero attached hydrogens (tertiary/aromatic N) is 2. The number of aliphatic hydroxyl groups excluding tert-OH is 1. The Balaban J connectivity index is 1.56. The summed E-state index contributed by atoms with van der Waals surface area (Å²) in [7, 11) is 0. The van der Waals surface area contributed by atoms with Crippen molar-refractivity contribution in [3.63, 3.8) is 0 Å². The van der Waals surface area contributed by atoms with E-state index in [-0.39, 0.29) is 29.8 Å². The van der Waals surface area contributed by atoms with Crippen molar-refractivity contribution in [3.05, 3.63) is 0 Å². The average Bonchev–Trinajstić information content (AvgIpc) is 3.23. The Bertz CT molecular complexity index is 445. The standard InChI is InChI=1S/C18H30N2O3/c1-2-18(13-21)7-9-19(10-8-18)17(23)14-11-16(22)20(12-14)15-5-3-4-6-15/h14-15,21H,2-13H2,1H3. The van der Waals surface area contributed by atoms with Crippen LogP contribution in [0.3, 0.4) is 0 Å². The highest BCUT2D eigenvalue weighted by molar-refractivity contribution is 5.89. The van der Waals surface area contributed by atoms with Crippen LogP contribution in [-0.2, 0) is 9.59 Å². The van der Waals surface area contributed by atoms with Crippen LogP contribution in [0.4, 0.5) is 0 Å². The third-order valence-electron chi connectivity index (χ3n) is 6.49. The molecule has 0 bridgehead atoms. The van der Waals surface area contributed by atoms with Crippen molar-refractivity contribution in [2.75, 3.05) is 26.2 Å². The predicted molar refractivity (Wildman–Crippen MR) is 87.7 cm³/mol. The van der Waals surface area contributed by atoms with Crippen LogP contribution in [0, 0.1) is 11.3 Å². The van der Waals surface area contributed by atoms with Gasteiger partial charge in [0.2, 0.25) is 11.8 Å². The molecule has 5 heteroatoms. The molecule has 1 N–H and O–H groups in total. The van der Waals surface area contributed by atoms with Gasteiger partial charge in [-0.3, -0.25) is 9.59 Å². The van der Waals surface area contributed by atoms with E-state index in [9.17, 15) is 14.7 Å². The lowest BCUT2D eigenvalue weighted by Crippen LogP contribution is -2.47. The van der Waals surface area contributed by atoms with Gasteiger partial charge in [0.1, 0.15) is 0 Å². The summed E-state index contributed by atoms with van der Waals surface area (Å²) in [4.78, 5) is 29.0. The number of piperidine rings is 1. The molecule has 0 aromatic rings. The molecule has 2 aliphatic heterocycles. The van der Waals surface area contributed by atoms with Crippen molar-refractivity contribution in [2.24, 2.45) is 11.3 Å². The Kier molecular flexibility index (Phi) is 4.95. The molecule has 23 heavy (non-hydrogen) atoms. The number of carbonyl (C=O) groups is 2. The first-order chi connectivity index (χ1) is 11.1. The zero-order valence-electron chi connectivity index (χ0n) is 14.3. The molecule has 0 aromatic carbocycles. The van der Waals surface area contributed by atoms with Crippen LogP contribution < -0.4 is 0 Å². The normalized spacial score (nSPS) is 28.6. The van der Waals surface area contributed by atoms with E-state index >= 15 is 0 Å². The molecule has 130 valence electrons. The molecule has 2 amide bonds. The Morgan fingerprint density at radius 1 is 1.26 bits per heavy atom. The van der Waals surface area contributed by atoms with Gasteiger partial charge in [0.05, 0.1) is 5.92 Å². The van der Waals surface area contributed by atoms with E-state index in [0.717, 1.165) is 45.2 Å². The zero-order valence-corrected chi connectivity index (χ0v) is 14.3. The first kappa shape index (κ1) is 16.7. The first-order valence-corrected chi connectivity index (χ1v) is 9.28. The van der Waals surface area contributed by atoms with Crippen molar-refractivity contribution in [1.82, 2.24) is 9.80 Å². The van der Waals surface area contributed by atoms with E-state index in [1.807, 2.05) is 9.80 Å². The monoisotopic (exact) mass is 322 g/mol. The van der Waals surface area contributed by atoms with Gasteiger partial charge in [-0.15, -0.1) is 0 Å². The molecule has 5 nitrogen and oxygen atoms in total. The first-order valence-electron chi connectivity index (χ1n) is 9.28. The molecule has 1 saturated carbocycles. The maximum Gasteiger partial charge on any atom is 0.227 e. The SMILES string of the molecule is CCC1(CO)CCN(C(=O)C2CC(=O)N(C3CCCC3)C2)CC1. The van der Waals surface area contributed by atoms with Gasteiger partial charge in [-0.05, 0) is 37.5 Å². The summed E-state index contributed by atoms with van der Waals surface area (Å²) in [6.45, 7) is 4.40. The Labute approximate surface area is 139 Å². The van der Waals surface area contributed by atoms with Crippen molar-refractivity contribution >= 4 is 11.8 Å². The molecule has 3 aliphatic rings. The molecule has 2 heterocycles.